The summed E-state index contributed by atoms with van der Waals surface area (Å²) < 4.78 is 7.27. The van der Waals surface area contributed by atoms with Crippen molar-refractivity contribution in [2.45, 2.75) is 32.1 Å². The molecule has 4 heteroatoms. The highest BCUT2D eigenvalue weighted by atomic mass is 35.5. The minimum atomic E-state index is -0.0435. The Kier molecular flexibility index (Phi) is 5.45. The van der Waals surface area contributed by atoms with Crippen LogP contribution in [-0.4, -0.2) is 16.6 Å². The van der Waals surface area contributed by atoms with Crippen LogP contribution in [0.15, 0.2) is 47.4 Å². The molecule has 1 aromatic heterocycles. The van der Waals surface area contributed by atoms with Crippen molar-refractivity contribution < 1.29 is 4.74 Å². The molecule has 3 nitrogen and oxygen atoms in total. The molecule has 0 aliphatic rings. The standard InChI is InChI=1S/C17H20ClNO2/c1-3-4-14(18)12-21-16-8-6-15(7-9-16)19-11-13(2)5-10-17(19)20/h5-11,14H,3-4,12H2,1-2H3. The molecular weight excluding hydrogens is 286 g/mol. The van der Waals surface area contributed by atoms with Crippen molar-refractivity contribution in [3.63, 3.8) is 0 Å². The van der Waals surface area contributed by atoms with Gasteiger partial charge in [-0.05, 0) is 43.2 Å². The van der Waals surface area contributed by atoms with Crippen molar-refractivity contribution in [3.8, 4) is 11.4 Å². The van der Waals surface area contributed by atoms with Gasteiger partial charge in [-0.15, -0.1) is 11.6 Å². The fourth-order valence-electron chi connectivity index (χ4n) is 2.08. The highest BCUT2D eigenvalue weighted by Crippen LogP contribution is 2.16. The average Bonchev–Trinajstić information content (AvgIpc) is 2.49. The third kappa shape index (κ3) is 4.36. The number of hydrogen-bond donors (Lipinski definition) is 0. The Morgan fingerprint density at radius 3 is 2.57 bits per heavy atom. The summed E-state index contributed by atoms with van der Waals surface area (Å²) in [5.74, 6) is 0.765. The van der Waals surface area contributed by atoms with Gasteiger partial charge in [-0.2, -0.15) is 0 Å². The molecule has 1 atom stereocenters. The van der Waals surface area contributed by atoms with Gasteiger partial charge in [0.1, 0.15) is 12.4 Å². The van der Waals surface area contributed by atoms with Crippen LogP contribution in [0.25, 0.3) is 5.69 Å². The maximum Gasteiger partial charge on any atom is 0.255 e. The molecule has 0 radical (unpaired) electrons. The number of nitrogens with zero attached hydrogens (tertiary/aromatic N) is 1. The van der Waals surface area contributed by atoms with E-state index in [1.54, 1.807) is 10.6 Å². The van der Waals surface area contributed by atoms with Crippen LogP contribution in [0, 0.1) is 6.92 Å². The molecule has 0 bridgehead atoms. The van der Waals surface area contributed by atoms with Gasteiger partial charge >= 0.3 is 0 Å². The first-order valence-electron chi connectivity index (χ1n) is 7.16. The van der Waals surface area contributed by atoms with E-state index in [4.69, 9.17) is 16.3 Å². The van der Waals surface area contributed by atoms with E-state index in [9.17, 15) is 4.79 Å². The molecular formula is C17H20ClNO2. The minimum absolute atomic E-state index is 0.0362. The fourth-order valence-corrected chi connectivity index (χ4v) is 2.36. The quantitative estimate of drug-likeness (QED) is 0.757. The predicted octanol–water partition coefficient (Wildman–Crippen LogP) is 3.93. The first kappa shape index (κ1) is 15.6. The number of halogens is 1. The summed E-state index contributed by atoms with van der Waals surface area (Å²) in [6, 6.07) is 10.9. The van der Waals surface area contributed by atoms with Gasteiger partial charge in [0.05, 0.1) is 5.38 Å². The van der Waals surface area contributed by atoms with E-state index in [-0.39, 0.29) is 10.9 Å². The third-order valence-corrected chi connectivity index (χ3v) is 3.55. The van der Waals surface area contributed by atoms with Crippen molar-refractivity contribution in [1.82, 2.24) is 4.57 Å². The minimum Gasteiger partial charge on any atom is -0.492 e. The van der Waals surface area contributed by atoms with E-state index in [0.29, 0.717) is 6.61 Å². The van der Waals surface area contributed by atoms with E-state index >= 15 is 0 Å². The molecule has 0 saturated carbocycles. The number of hydrogen-bond acceptors (Lipinski definition) is 2. The summed E-state index contributed by atoms with van der Waals surface area (Å²) in [6.07, 6.45) is 3.82. The van der Waals surface area contributed by atoms with Gasteiger partial charge in [0.2, 0.25) is 0 Å². The second-order valence-electron chi connectivity index (χ2n) is 5.11. The average molecular weight is 306 g/mol. The Labute approximate surface area is 130 Å². The zero-order valence-corrected chi connectivity index (χ0v) is 13.1. The summed E-state index contributed by atoms with van der Waals surface area (Å²) >= 11 is 6.13. The molecule has 1 unspecified atom stereocenters. The largest absolute Gasteiger partial charge is 0.492 e. The molecule has 1 aromatic carbocycles. The smallest absolute Gasteiger partial charge is 0.255 e. The Hall–Kier alpha value is -1.74. The van der Waals surface area contributed by atoms with Gasteiger partial charge in [-0.3, -0.25) is 9.36 Å². The predicted molar refractivity (Wildman–Crippen MR) is 86.8 cm³/mol. The van der Waals surface area contributed by atoms with Crippen LogP contribution in [0.1, 0.15) is 25.3 Å². The number of pyridine rings is 1. The van der Waals surface area contributed by atoms with E-state index in [0.717, 1.165) is 29.8 Å². The van der Waals surface area contributed by atoms with Gasteiger partial charge < -0.3 is 4.74 Å². The lowest BCUT2D eigenvalue weighted by Crippen LogP contribution is -2.16. The van der Waals surface area contributed by atoms with E-state index in [1.165, 1.54) is 0 Å². The zero-order chi connectivity index (χ0) is 15.2. The molecule has 2 aromatic rings. The summed E-state index contributed by atoms with van der Waals surface area (Å²) in [5.41, 5.74) is 1.82. The van der Waals surface area contributed by atoms with Crippen molar-refractivity contribution in [1.29, 1.82) is 0 Å². The lowest BCUT2D eigenvalue weighted by atomic mass is 10.2. The van der Waals surface area contributed by atoms with Crippen LogP contribution < -0.4 is 10.3 Å². The van der Waals surface area contributed by atoms with Crippen LogP contribution in [0.4, 0.5) is 0 Å². The monoisotopic (exact) mass is 305 g/mol. The third-order valence-electron chi connectivity index (χ3n) is 3.21. The molecule has 1 heterocycles. The Morgan fingerprint density at radius 1 is 1.19 bits per heavy atom. The summed E-state index contributed by atoms with van der Waals surface area (Å²) in [7, 11) is 0. The maximum atomic E-state index is 11.9. The normalized spacial score (nSPS) is 12.1. The number of aryl methyl sites for hydroxylation is 1. The van der Waals surface area contributed by atoms with Crippen LogP contribution in [0.2, 0.25) is 0 Å². The SMILES string of the molecule is CCCC(Cl)COc1ccc(-n2cc(C)ccc2=O)cc1. The molecule has 112 valence electrons. The van der Waals surface area contributed by atoms with Crippen LogP contribution >= 0.6 is 11.6 Å². The van der Waals surface area contributed by atoms with Crippen LogP contribution in [0.3, 0.4) is 0 Å². The van der Waals surface area contributed by atoms with Crippen molar-refractivity contribution in [2.75, 3.05) is 6.61 Å². The number of ether oxygens (including phenoxy) is 1. The molecule has 0 saturated heterocycles. The summed E-state index contributed by atoms with van der Waals surface area (Å²) in [6.45, 7) is 4.56. The molecule has 0 fully saturated rings. The van der Waals surface area contributed by atoms with Gasteiger partial charge in [0.15, 0.2) is 0 Å². The fraction of sp³-hybridized carbons (Fsp3) is 0.353. The molecule has 0 spiro atoms. The Morgan fingerprint density at radius 2 is 1.90 bits per heavy atom. The highest BCUT2D eigenvalue weighted by molar-refractivity contribution is 6.20. The molecule has 0 amide bonds. The Balaban J connectivity index is 2.08. The second-order valence-corrected chi connectivity index (χ2v) is 5.72. The number of rotatable bonds is 6. The van der Waals surface area contributed by atoms with Crippen molar-refractivity contribution in [3.05, 3.63) is 58.5 Å². The number of alkyl halides is 1. The maximum absolute atomic E-state index is 11.9. The highest BCUT2D eigenvalue weighted by Gasteiger charge is 2.05. The molecule has 0 aliphatic carbocycles. The van der Waals surface area contributed by atoms with E-state index < -0.39 is 0 Å². The van der Waals surface area contributed by atoms with Gasteiger partial charge in [0.25, 0.3) is 5.56 Å². The first-order chi connectivity index (χ1) is 10.1. The molecule has 2 rings (SSSR count). The number of benzene rings is 1. The number of aromatic nitrogens is 1. The van der Waals surface area contributed by atoms with Gasteiger partial charge in [-0.25, -0.2) is 0 Å². The molecule has 21 heavy (non-hydrogen) atoms. The lowest BCUT2D eigenvalue weighted by molar-refractivity contribution is 0.309. The summed E-state index contributed by atoms with van der Waals surface area (Å²) in [5, 5.41) is 0.0362. The first-order valence-corrected chi connectivity index (χ1v) is 7.60. The zero-order valence-electron chi connectivity index (χ0n) is 12.4. The van der Waals surface area contributed by atoms with E-state index in [2.05, 4.69) is 6.92 Å². The second kappa shape index (κ2) is 7.32. The molecule has 0 aliphatic heterocycles. The Bertz CT molecular complexity index is 634. The summed E-state index contributed by atoms with van der Waals surface area (Å²) in [4.78, 5) is 11.9. The lowest BCUT2D eigenvalue weighted by Gasteiger charge is -2.11. The van der Waals surface area contributed by atoms with Gasteiger partial charge in [0, 0.05) is 18.0 Å². The van der Waals surface area contributed by atoms with Crippen LogP contribution in [0.5, 0.6) is 5.75 Å². The molecule has 0 N–H and O–H groups in total. The van der Waals surface area contributed by atoms with Gasteiger partial charge in [-0.1, -0.05) is 19.4 Å². The van der Waals surface area contributed by atoms with Crippen molar-refractivity contribution >= 4 is 11.6 Å². The van der Waals surface area contributed by atoms with Crippen LogP contribution in [-0.2, 0) is 0 Å². The van der Waals surface area contributed by atoms with Crippen molar-refractivity contribution in [2.24, 2.45) is 0 Å². The topological polar surface area (TPSA) is 31.2 Å². The van der Waals surface area contributed by atoms with E-state index in [1.807, 2.05) is 43.5 Å².